The van der Waals surface area contributed by atoms with Gasteiger partial charge >= 0.3 is 11.9 Å². The van der Waals surface area contributed by atoms with Gasteiger partial charge in [0.05, 0.1) is 11.8 Å². The third-order valence-corrected chi connectivity index (χ3v) is 4.30. The highest BCUT2D eigenvalue weighted by atomic mass is 32.2. The van der Waals surface area contributed by atoms with E-state index in [0.717, 1.165) is 0 Å². The highest BCUT2D eigenvalue weighted by Gasteiger charge is 2.44. The Bertz CT molecular complexity index is 1150. The van der Waals surface area contributed by atoms with Crippen LogP contribution in [0.5, 0.6) is 5.75 Å². The van der Waals surface area contributed by atoms with E-state index in [9.17, 15) is 27.9 Å². The zero-order chi connectivity index (χ0) is 26.3. The number of likely N-dealkylation sites (N-methyl/N-ethyl adjacent to an activating group) is 1. The molecule has 0 saturated heterocycles. The number of nitrogens with zero attached hydrogens (tertiary/aromatic N) is 1. The summed E-state index contributed by atoms with van der Waals surface area (Å²) in [5, 5.41) is 19.4. The van der Waals surface area contributed by atoms with E-state index in [4.69, 9.17) is 20.4 Å². The number of rotatable bonds is 6. The Balaban J connectivity index is 0.00000104. The maximum Gasteiger partial charge on any atom is 0.343 e. The van der Waals surface area contributed by atoms with Crippen molar-refractivity contribution in [1.29, 1.82) is 5.41 Å². The molecule has 184 valence electrons. The number of guanidine groups is 1. The van der Waals surface area contributed by atoms with Crippen molar-refractivity contribution in [3.63, 3.8) is 0 Å². The molecule has 0 aliphatic rings. The van der Waals surface area contributed by atoms with Crippen LogP contribution in [0.2, 0.25) is 0 Å². The number of aliphatic carboxylic acids is 1. The maximum absolute atomic E-state index is 12.4. The summed E-state index contributed by atoms with van der Waals surface area (Å²) in [5.41, 5.74) is 4.58. The molecule has 0 saturated carbocycles. The zero-order valence-electron chi connectivity index (χ0n) is 18.9. The van der Waals surface area contributed by atoms with Crippen LogP contribution < -0.4 is 15.8 Å². The number of amides is 1. The van der Waals surface area contributed by atoms with E-state index in [0.29, 0.717) is 11.9 Å². The number of ether oxygens (including phenoxy) is 1. The minimum atomic E-state index is -3.67. The minimum Gasteiger partial charge on any atom is -0.480 e. The molecule has 1 atom stereocenters. The lowest BCUT2D eigenvalue weighted by Gasteiger charge is -2.27. The van der Waals surface area contributed by atoms with Crippen LogP contribution in [0.15, 0.2) is 48.5 Å². The average Bonchev–Trinajstić information content (AvgIpc) is 2.71. The SMILES string of the molecule is CN(C)C(=O)C(C)(C(=O)O)c1ccc(OC(=O)c2ccc(NC(=N)N)cc2)cc1.CS(=O)(=O)O. The summed E-state index contributed by atoms with van der Waals surface area (Å²) >= 11 is 0. The Morgan fingerprint density at radius 2 is 1.53 bits per heavy atom. The number of hydrogen-bond acceptors (Lipinski definition) is 7. The smallest absolute Gasteiger partial charge is 0.343 e. The van der Waals surface area contributed by atoms with Crippen LogP contribution >= 0.6 is 0 Å². The molecule has 1 unspecified atom stereocenters. The predicted octanol–water partition coefficient (Wildman–Crippen LogP) is 1.15. The van der Waals surface area contributed by atoms with Gasteiger partial charge in [0, 0.05) is 19.8 Å². The van der Waals surface area contributed by atoms with Crippen LogP contribution in [-0.4, -0.2) is 67.1 Å². The van der Waals surface area contributed by atoms with Gasteiger partial charge in [-0.3, -0.25) is 19.6 Å². The summed E-state index contributed by atoms with van der Waals surface area (Å²) in [6.07, 6.45) is 0.715. The van der Waals surface area contributed by atoms with E-state index in [1.165, 1.54) is 62.3 Å². The number of carbonyl (C=O) groups excluding carboxylic acids is 2. The molecule has 0 spiro atoms. The first-order chi connectivity index (χ1) is 15.6. The summed E-state index contributed by atoms with van der Waals surface area (Å²) in [6, 6.07) is 11.9. The Morgan fingerprint density at radius 3 is 1.91 bits per heavy atom. The van der Waals surface area contributed by atoms with Crippen LogP contribution in [0.25, 0.3) is 0 Å². The second-order valence-corrected chi connectivity index (χ2v) is 8.86. The van der Waals surface area contributed by atoms with Gasteiger partial charge in [0.2, 0.25) is 5.91 Å². The molecule has 13 heteroatoms. The molecule has 0 aliphatic heterocycles. The molecule has 0 bridgehead atoms. The predicted molar refractivity (Wildman–Crippen MR) is 125 cm³/mol. The molecule has 1 amide bonds. The number of carboxylic acid groups (broad SMARTS) is 1. The fraction of sp³-hybridized carbons (Fsp3) is 0.238. The molecule has 2 aromatic rings. The lowest BCUT2D eigenvalue weighted by Crippen LogP contribution is -2.47. The van der Waals surface area contributed by atoms with Crippen molar-refractivity contribution in [2.45, 2.75) is 12.3 Å². The minimum absolute atomic E-state index is 0.203. The van der Waals surface area contributed by atoms with Gasteiger partial charge in [-0.15, -0.1) is 0 Å². The van der Waals surface area contributed by atoms with E-state index >= 15 is 0 Å². The van der Waals surface area contributed by atoms with Crippen molar-refractivity contribution in [2.24, 2.45) is 5.73 Å². The van der Waals surface area contributed by atoms with Gasteiger partial charge in [-0.05, 0) is 48.9 Å². The largest absolute Gasteiger partial charge is 0.480 e. The number of anilines is 1. The van der Waals surface area contributed by atoms with Gasteiger partial charge in [-0.25, -0.2) is 4.79 Å². The molecule has 2 rings (SSSR count). The van der Waals surface area contributed by atoms with Gasteiger partial charge < -0.3 is 25.8 Å². The quantitative estimate of drug-likeness (QED) is 0.0968. The molecular formula is C21H26N4O8S. The van der Waals surface area contributed by atoms with E-state index < -0.39 is 33.4 Å². The van der Waals surface area contributed by atoms with Gasteiger partial charge in [-0.2, -0.15) is 8.42 Å². The van der Waals surface area contributed by atoms with Crippen molar-refractivity contribution >= 4 is 39.6 Å². The van der Waals surface area contributed by atoms with Crippen molar-refractivity contribution < 1.29 is 37.2 Å². The molecule has 0 aromatic heterocycles. The number of benzene rings is 2. The summed E-state index contributed by atoms with van der Waals surface area (Å²) < 4.78 is 31.2. The van der Waals surface area contributed by atoms with Crippen molar-refractivity contribution in [3.05, 3.63) is 59.7 Å². The molecule has 12 nitrogen and oxygen atoms in total. The standard InChI is InChI=1S/C20H22N4O5.CH4O3S/c1-20(18(27)28,17(26)24(2)3)13-6-10-15(11-7-13)29-16(25)12-4-8-14(9-5-12)23-19(21)22;1-5(2,3)4/h4-11H,1-3H3,(H,27,28)(H4,21,22,23);1H3,(H,2,3,4). The monoisotopic (exact) mass is 494 g/mol. The highest BCUT2D eigenvalue weighted by Crippen LogP contribution is 2.28. The van der Waals surface area contributed by atoms with Crippen LogP contribution in [0.3, 0.4) is 0 Å². The second-order valence-electron chi connectivity index (χ2n) is 7.39. The Labute approximate surface area is 196 Å². The van der Waals surface area contributed by atoms with Crippen LogP contribution in [-0.2, 0) is 25.1 Å². The van der Waals surface area contributed by atoms with E-state index in [-0.39, 0.29) is 22.8 Å². The van der Waals surface area contributed by atoms with Crippen molar-refractivity contribution in [1.82, 2.24) is 4.90 Å². The third-order valence-electron chi connectivity index (χ3n) is 4.30. The number of carbonyl (C=O) groups is 3. The maximum atomic E-state index is 12.4. The Hall–Kier alpha value is -3.97. The first-order valence-electron chi connectivity index (χ1n) is 9.47. The lowest BCUT2D eigenvalue weighted by molar-refractivity contribution is -0.152. The summed E-state index contributed by atoms with van der Waals surface area (Å²) in [7, 11) is -0.701. The molecule has 34 heavy (non-hydrogen) atoms. The second kappa shape index (κ2) is 11.2. The Kier molecular flexibility index (Phi) is 9.28. The van der Waals surface area contributed by atoms with E-state index in [2.05, 4.69) is 5.32 Å². The summed E-state index contributed by atoms with van der Waals surface area (Å²) in [6.45, 7) is 1.33. The first kappa shape index (κ1) is 28.1. The molecule has 2 aromatic carbocycles. The number of nitrogens with two attached hydrogens (primary N) is 1. The van der Waals surface area contributed by atoms with Gasteiger partial charge in [0.25, 0.3) is 10.1 Å². The molecular weight excluding hydrogens is 468 g/mol. The topological polar surface area (TPSA) is 200 Å². The zero-order valence-corrected chi connectivity index (χ0v) is 19.7. The lowest BCUT2D eigenvalue weighted by atomic mass is 9.81. The average molecular weight is 495 g/mol. The van der Waals surface area contributed by atoms with E-state index in [1.54, 1.807) is 12.1 Å². The van der Waals surface area contributed by atoms with Gasteiger partial charge in [0.1, 0.15) is 5.75 Å². The number of carboxylic acids is 1. The van der Waals surface area contributed by atoms with Crippen LogP contribution in [0.1, 0.15) is 22.8 Å². The Morgan fingerprint density at radius 1 is 1.06 bits per heavy atom. The fourth-order valence-corrected chi connectivity index (χ4v) is 2.65. The van der Waals surface area contributed by atoms with Crippen LogP contribution in [0, 0.1) is 5.41 Å². The van der Waals surface area contributed by atoms with Gasteiger partial charge in [-0.1, -0.05) is 12.1 Å². The van der Waals surface area contributed by atoms with E-state index in [1.807, 2.05) is 0 Å². The number of nitrogens with one attached hydrogen (secondary N) is 2. The molecule has 0 aliphatic carbocycles. The normalized spacial score (nSPS) is 12.3. The molecule has 0 fully saturated rings. The number of esters is 1. The molecule has 6 N–H and O–H groups in total. The molecule has 0 radical (unpaired) electrons. The van der Waals surface area contributed by atoms with Crippen LogP contribution in [0.4, 0.5) is 5.69 Å². The van der Waals surface area contributed by atoms with Gasteiger partial charge in [0.15, 0.2) is 11.4 Å². The summed E-state index contributed by atoms with van der Waals surface area (Å²) in [4.78, 5) is 37.6. The number of hydrogen-bond donors (Lipinski definition) is 5. The van der Waals surface area contributed by atoms with Crippen molar-refractivity contribution in [3.8, 4) is 5.75 Å². The van der Waals surface area contributed by atoms with Crippen molar-refractivity contribution in [2.75, 3.05) is 25.7 Å². The summed E-state index contributed by atoms with van der Waals surface area (Å²) in [5.74, 6) is -2.48. The highest BCUT2D eigenvalue weighted by molar-refractivity contribution is 7.85. The first-order valence-corrected chi connectivity index (χ1v) is 11.3. The molecule has 0 heterocycles. The third kappa shape index (κ3) is 8.18. The fourth-order valence-electron chi connectivity index (χ4n) is 2.65.